The highest BCUT2D eigenvalue weighted by Crippen LogP contribution is 2.41. The number of non-ortho nitro benzene ring substituents is 1. The minimum Gasteiger partial charge on any atom is -0.298 e. The van der Waals surface area contributed by atoms with E-state index >= 15 is 0 Å². The molecular weight excluding hydrogens is 403 g/mol. The molecule has 0 spiro atoms. The van der Waals surface area contributed by atoms with Gasteiger partial charge in [0, 0.05) is 24.1 Å². The van der Waals surface area contributed by atoms with Crippen molar-refractivity contribution in [1.29, 1.82) is 0 Å². The zero-order chi connectivity index (χ0) is 20.3. The highest BCUT2D eigenvalue weighted by molar-refractivity contribution is 6.39. The monoisotopic (exact) mass is 418 g/mol. The number of Topliss-reactive ketones (excluding diaryl/α,β-unsaturated/α-hetero) is 2. The van der Waals surface area contributed by atoms with Crippen LogP contribution in [0, 0.1) is 15.5 Å². The summed E-state index contributed by atoms with van der Waals surface area (Å²) in [4.78, 5) is 41.3. The number of nitro groups is 1. The minimum absolute atomic E-state index is 0.0521. The molecule has 2 aliphatic rings. The highest BCUT2D eigenvalue weighted by atomic mass is 35.5. The summed E-state index contributed by atoms with van der Waals surface area (Å²) in [6.07, 6.45) is 10.1. The van der Waals surface area contributed by atoms with Crippen LogP contribution in [0.1, 0.15) is 36.0 Å². The van der Waals surface area contributed by atoms with Crippen LogP contribution in [0.5, 0.6) is 0 Å². The molecule has 0 aromatic heterocycles. The van der Waals surface area contributed by atoms with E-state index in [4.69, 9.17) is 23.2 Å². The molecule has 0 radical (unpaired) electrons. The van der Waals surface area contributed by atoms with Crippen LogP contribution in [0.25, 0.3) is 0 Å². The second-order valence-corrected chi connectivity index (χ2v) is 7.31. The third kappa shape index (κ3) is 3.70. The smallest absolute Gasteiger partial charge is 0.270 e. The number of hydrogen-bond acceptors (Lipinski definition) is 5. The molecule has 144 valence electrons. The van der Waals surface area contributed by atoms with Crippen molar-refractivity contribution in [1.82, 2.24) is 0 Å². The summed E-state index contributed by atoms with van der Waals surface area (Å²) in [5, 5.41) is 11.0. The first kappa shape index (κ1) is 20.2. The van der Waals surface area contributed by atoms with Crippen molar-refractivity contribution in [3.05, 3.63) is 74.4 Å². The number of rotatable bonds is 4. The summed E-state index contributed by atoms with van der Waals surface area (Å²) < 4.78 is 0. The predicted molar refractivity (Wildman–Crippen MR) is 108 cm³/mol. The largest absolute Gasteiger partial charge is 0.298 e. The summed E-state index contributed by atoms with van der Waals surface area (Å²) >= 11 is 12.3. The average Bonchev–Trinajstić information content (AvgIpc) is 2.64. The van der Waals surface area contributed by atoms with Gasteiger partial charge in [0.1, 0.15) is 10.6 Å². The molecule has 0 bridgehead atoms. The number of halogens is 2. The lowest BCUT2D eigenvalue weighted by atomic mass is 9.65. The van der Waals surface area contributed by atoms with Crippen molar-refractivity contribution < 1.29 is 14.5 Å². The van der Waals surface area contributed by atoms with E-state index in [1.165, 1.54) is 12.1 Å². The second-order valence-electron chi connectivity index (χ2n) is 6.52. The van der Waals surface area contributed by atoms with Gasteiger partial charge < -0.3 is 0 Å². The zero-order valence-electron chi connectivity index (χ0n) is 14.7. The standard InChI is InChI=1S/C20H16Cl2N2O4/c21-15-12-13(24(27)28)9-10-14(15)19(26)20(11-5-4-7-17(20)25)16-6-2-1-3-8-18(22)23-16/h1-3,6,8-10,12H,4-5,7,11H2. The Morgan fingerprint density at radius 3 is 2.64 bits per heavy atom. The van der Waals surface area contributed by atoms with Crippen molar-refractivity contribution in [3.8, 4) is 0 Å². The number of nitrogens with zero attached hydrogens (tertiary/aromatic N) is 2. The van der Waals surface area contributed by atoms with Gasteiger partial charge in [0.25, 0.3) is 5.69 Å². The van der Waals surface area contributed by atoms with Crippen LogP contribution in [0.2, 0.25) is 5.02 Å². The number of allylic oxidation sites excluding steroid dienone is 5. The van der Waals surface area contributed by atoms with Gasteiger partial charge in [-0.3, -0.25) is 19.7 Å². The van der Waals surface area contributed by atoms with Gasteiger partial charge in [-0.2, -0.15) is 0 Å². The fourth-order valence-corrected chi connectivity index (χ4v) is 3.89. The minimum atomic E-state index is -1.52. The van der Waals surface area contributed by atoms with E-state index < -0.39 is 16.1 Å². The Balaban J connectivity index is 2.16. The Bertz CT molecular complexity index is 978. The fraction of sp³-hybridized carbons (Fsp3) is 0.250. The quantitative estimate of drug-likeness (QED) is 0.220. The number of hydrogen-bond donors (Lipinski definition) is 0. The van der Waals surface area contributed by atoms with Crippen LogP contribution in [-0.2, 0) is 4.79 Å². The van der Waals surface area contributed by atoms with E-state index in [-0.39, 0.29) is 45.8 Å². The van der Waals surface area contributed by atoms with Gasteiger partial charge in [0.15, 0.2) is 11.6 Å². The van der Waals surface area contributed by atoms with Gasteiger partial charge in [-0.15, -0.1) is 0 Å². The molecule has 1 fully saturated rings. The van der Waals surface area contributed by atoms with Gasteiger partial charge in [-0.1, -0.05) is 47.9 Å². The van der Waals surface area contributed by atoms with Crippen molar-refractivity contribution in [2.24, 2.45) is 10.4 Å². The number of carbonyl (C=O) groups is 2. The SMILES string of the molecule is O=C1CCCCC1(C(=O)c1ccc([N+](=O)[O-])cc1Cl)C1=NC(Cl)=CC=CC=C1. The van der Waals surface area contributed by atoms with Gasteiger partial charge in [-0.05, 0) is 31.1 Å². The molecule has 1 aromatic rings. The number of carbonyl (C=O) groups excluding carboxylic acids is 2. The topological polar surface area (TPSA) is 89.6 Å². The Morgan fingerprint density at radius 2 is 1.96 bits per heavy atom. The maximum atomic E-state index is 13.6. The summed E-state index contributed by atoms with van der Waals surface area (Å²) in [7, 11) is 0. The zero-order valence-corrected chi connectivity index (χ0v) is 16.2. The van der Waals surface area contributed by atoms with Gasteiger partial charge in [0.05, 0.1) is 15.7 Å². The van der Waals surface area contributed by atoms with Crippen molar-refractivity contribution >= 4 is 46.2 Å². The first-order chi connectivity index (χ1) is 13.4. The van der Waals surface area contributed by atoms with E-state index in [1.54, 1.807) is 30.4 Å². The van der Waals surface area contributed by atoms with Gasteiger partial charge >= 0.3 is 0 Å². The Labute approximate surface area is 171 Å². The van der Waals surface area contributed by atoms with Crippen molar-refractivity contribution in [2.75, 3.05) is 0 Å². The van der Waals surface area contributed by atoms with Crippen LogP contribution in [0.15, 0.2) is 58.7 Å². The van der Waals surface area contributed by atoms with Crippen LogP contribution >= 0.6 is 23.2 Å². The predicted octanol–water partition coefficient (Wildman–Crippen LogP) is 5.21. The molecule has 0 amide bonds. The molecule has 0 saturated heterocycles. The highest BCUT2D eigenvalue weighted by Gasteiger charge is 2.50. The molecule has 1 aromatic carbocycles. The van der Waals surface area contributed by atoms with E-state index in [0.717, 1.165) is 6.07 Å². The lowest BCUT2D eigenvalue weighted by molar-refractivity contribution is -0.384. The van der Waals surface area contributed by atoms with Gasteiger partial charge in [0.2, 0.25) is 0 Å². The van der Waals surface area contributed by atoms with Crippen LogP contribution < -0.4 is 0 Å². The molecule has 6 nitrogen and oxygen atoms in total. The molecule has 3 rings (SSSR count). The molecule has 1 atom stereocenters. The Kier molecular flexibility index (Phi) is 5.91. The average molecular weight is 419 g/mol. The van der Waals surface area contributed by atoms with E-state index in [2.05, 4.69) is 4.99 Å². The number of aliphatic imine (C=N–C) groups is 1. The van der Waals surface area contributed by atoms with Gasteiger partial charge in [-0.25, -0.2) is 4.99 Å². The van der Waals surface area contributed by atoms with E-state index in [9.17, 15) is 19.7 Å². The third-order valence-corrected chi connectivity index (χ3v) is 5.38. The molecule has 1 aliphatic carbocycles. The summed E-state index contributed by atoms with van der Waals surface area (Å²) in [6.45, 7) is 0. The van der Waals surface area contributed by atoms with Crippen LogP contribution in [0.4, 0.5) is 5.69 Å². The summed E-state index contributed by atoms with van der Waals surface area (Å²) in [5.41, 5.74) is -1.45. The first-order valence-electron chi connectivity index (χ1n) is 8.68. The van der Waals surface area contributed by atoms with E-state index in [0.29, 0.717) is 12.8 Å². The molecule has 1 unspecified atom stereocenters. The number of nitro benzene ring substituents is 1. The normalized spacial score (nSPS) is 22.1. The van der Waals surface area contributed by atoms with Crippen molar-refractivity contribution in [2.45, 2.75) is 25.7 Å². The number of ketones is 2. The molecule has 28 heavy (non-hydrogen) atoms. The molecular formula is C20H16Cl2N2O4. The maximum Gasteiger partial charge on any atom is 0.270 e. The first-order valence-corrected chi connectivity index (χ1v) is 9.43. The Hall–Kier alpha value is -2.57. The molecule has 8 heteroatoms. The fourth-order valence-electron chi connectivity index (χ4n) is 3.46. The van der Waals surface area contributed by atoms with Crippen LogP contribution in [0.3, 0.4) is 0 Å². The maximum absolute atomic E-state index is 13.6. The van der Waals surface area contributed by atoms with E-state index in [1.807, 2.05) is 0 Å². The second kappa shape index (κ2) is 8.20. The van der Waals surface area contributed by atoms with Crippen molar-refractivity contribution in [3.63, 3.8) is 0 Å². The third-order valence-electron chi connectivity index (χ3n) is 4.85. The molecule has 1 heterocycles. The summed E-state index contributed by atoms with van der Waals surface area (Å²) in [5.74, 6) is -0.773. The molecule has 1 saturated carbocycles. The molecule has 1 aliphatic heterocycles. The molecule has 0 N–H and O–H groups in total. The Morgan fingerprint density at radius 1 is 1.18 bits per heavy atom. The lowest BCUT2D eigenvalue weighted by Gasteiger charge is -2.35. The van der Waals surface area contributed by atoms with Crippen LogP contribution in [-0.4, -0.2) is 22.2 Å². The summed E-state index contributed by atoms with van der Waals surface area (Å²) in [6, 6.07) is 3.60. The number of benzene rings is 1. The lowest BCUT2D eigenvalue weighted by Crippen LogP contribution is -2.48.